The fourth-order valence-corrected chi connectivity index (χ4v) is 5.14. The Morgan fingerprint density at radius 3 is 2.83 bits per heavy atom. The molecule has 6 rings (SSSR count). The third kappa shape index (κ3) is 2.63. The summed E-state index contributed by atoms with van der Waals surface area (Å²) in [6.45, 7) is 1.65. The quantitative estimate of drug-likeness (QED) is 0.679. The second-order valence-corrected chi connectivity index (χ2v) is 8.42. The molecule has 5 heterocycles. The number of nitrogens with zero attached hydrogens (tertiary/aromatic N) is 5. The molecule has 2 aliphatic heterocycles. The second-order valence-electron chi connectivity index (χ2n) is 8.42. The van der Waals surface area contributed by atoms with Crippen LogP contribution in [0.4, 0.5) is 0 Å². The molecule has 2 bridgehead atoms. The van der Waals surface area contributed by atoms with Gasteiger partial charge in [0.25, 0.3) is 5.91 Å². The first kappa shape index (κ1) is 16.9. The minimum absolute atomic E-state index is 0. The Labute approximate surface area is 170 Å². The Bertz CT molecular complexity index is 1160. The zero-order valence-electron chi connectivity index (χ0n) is 16.5. The summed E-state index contributed by atoms with van der Waals surface area (Å²) < 4.78 is 1.86. The number of likely N-dealkylation sites (tertiary alicyclic amines) is 1. The molecule has 2 atom stereocenters. The van der Waals surface area contributed by atoms with E-state index in [0.29, 0.717) is 17.6 Å². The molecule has 3 aliphatic rings. The number of allylic oxidation sites excluding steroid dienone is 1. The van der Waals surface area contributed by atoms with E-state index in [1.54, 1.807) is 12.4 Å². The first-order chi connectivity index (χ1) is 14.2. The number of piperazine rings is 1. The van der Waals surface area contributed by atoms with Crippen LogP contribution in [0.25, 0.3) is 11.1 Å². The van der Waals surface area contributed by atoms with Gasteiger partial charge in [0.2, 0.25) is 0 Å². The highest BCUT2D eigenvalue weighted by atomic mass is 16.2. The lowest BCUT2D eigenvalue weighted by molar-refractivity contribution is 0.0523. The van der Waals surface area contributed by atoms with Gasteiger partial charge in [-0.05, 0) is 55.3 Å². The maximum Gasteiger partial charge on any atom is 0.255 e. The van der Waals surface area contributed by atoms with E-state index in [1.165, 1.54) is 12.8 Å². The van der Waals surface area contributed by atoms with Crippen LogP contribution in [0.15, 0.2) is 48.9 Å². The highest BCUT2D eigenvalue weighted by molar-refractivity contribution is 5.96. The minimum Gasteiger partial charge on any atom is -0.335 e. The van der Waals surface area contributed by atoms with Gasteiger partial charge in [-0.25, -0.2) is 4.52 Å². The number of likely N-dealkylation sites (N-methyl/N-ethyl adjacent to an activating group) is 1. The monoisotopic (exact) mass is 387 g/mol. The molecule has 1 aliphatic carbocycles. The van der Waals surface area contributed by atoms with Crippen molar-refractivity contribution in [3.63, 3.8) is 0 Å². The van der Waals surface area contributed by atoms with Gasteiger partial charge in [0.1, 0.15) is 0 Å². The lowest BCUT2D eigenvalue weighted by Gasteiger charge is -2.38. The van der Waals surface area contributed by atoms with Gasteiger partial charge in [-0.15, -0.1) is 0 Å². The van der Waals surface area contributed by atoms with Gasteiger partial charge >= 0.3 is 0 Å². The number of fused-ring (bicyclic) bond motifs is 4. The SMILES string of the molecule is CN1C2CCC1CN(C(=O)c1cnc3c(c1)C(c1ccn4nccc4c1)=CC3)C2.[HH]. The average Bonchev–Trinajstić information content (AvgIpc) is 3.42. The molecule has 29 heavy (non-hydrogen) atoms. The first-order valence-corrected chi connectivity index (χ1v) is 10.3. The molecule has 1 amide bonds. The van der Waals surface area contributed by atoms with Crippen molar-refractivity contribution in [2.24, 2.45) is 0 Å². The van der Waals surface area contributed by atoms with Crippen molar-refractivity contribution in [3.05, 3.63) is 71.3 Å². The summed E-state index contributed by atoms with van der Waals surface area (Å²) in [4.78, 5) is 22.4. The molecule has 3 aromatic heterocycles. The Morgan fingerprint density at radius 1 is 1.17 bits per heavy atom. The van der Waals surface area contributed by atoms with Crippen LogP contribution in [0.2, 0.25) is 0 Å². The summed E-state index contributed by atoms with van der Waals surface area (Å²) in [6, 6.07) is 9.26. The van der Waals surface area contributed by atoms with E-state index in [-0.39, 0.29) is 7.33 Å². The van der Waals surface area contributed by atoms with Crippen molar-refractivity contribution in [1.82, 2.24) is 24.4 Å². The van der Waals surface area contributed by atoms with Crippen molar-refractivity contribution in [2.45, 2.75) is 31.3 Å². The topological polar surface area (TPSA) is 53.7 Å². The predicted octanol–water partition coefficient (Wildman–Crippen LogP) is 2.88. The fraction of sp³-hybridized carbons (Fsp3) is 0.348. The Balaban J connectivity index is 0.00000193. The molecule has 0 spiro atoms. The summed E-state index contributed by atoms with van der Waals surface area (Å²) in [6.07, 6.45) is 10.9. The van der Waals surface area contributed by atoms with E-state index in [9.17, 15) is 4.79 Å². The Morgan fingerprint density at radius 2 is 2.00 bits per heavy atom. The molecule has 0 saturated carbocycles. The van der Waals surface area contributed by atoms with Crippen LogP contribution in [-0.2, 0) is 6.42 Å². The van der Waals surface area contributed by atoms with Crippen LogP contribution in [0.5, 0.6) is 0 Å². The van der Waals surface area contributed by atoms with Gasteiger partial charge in [-0.1, -0.05) is 6.08 Å². The summed E-state index contributed by atoms with van der Waals surface area (Å²) in [5.41, 5.74) is 6.18. The number of carbonyl (C=O) groups is 1. The van der Waals surface area contributed by atoms with E-state index in [0.717, 1.165) is 47.4 Å². The molecular weight excluding hydrogens is 362 g/mol. The molecule has 148 valence electrons. The van der Waals surface area contributed by atoms with E-state index >= 15 is 0 Å². The van der Waals surface area contributed by atoms with Gasteiger partial charge in [0, 0.05) is 57.2 Å². The second kappa shape index (κ2) is 6.26. The van der Waals surface area contributed by atoms with Gasteiger partial charge < -0.3 is 4.90 Å². The van der Waals surface area contributed by atoms with Gasteiger partial charge in [-0.3, -0.25) is 14.7 Å². The van der Waals surface area contributed by atoms with Crippen molar-refractivity contribution >= 4 is 17.0 Å². The van der Waals surface area contributed by atoms with Crippen LogP contribution in [-0.4, -0.2) is 62.5 Å². The summed E-state index contributed by atoms with van der Waals surface area (Å²) in [5, 5.41) is 4.27. The molecule has 0 N–H and O–H groups in total. The maximum absolute atomic E-state index is 13.2. The number of pyridine rings is 2. The molecule has 2 fully saturated rings. The lowest BCUT2D eigenvalue weighted by Crippen LogP contribution is -2.53. The molecular formula is C23H25N5O. The predicted molar refractivity (Wildman–Crippen MR) is 113 cm³/mol. The molecule has 2 unspecified atom stereocenters. The van der Waals surface area contributed by atoms with Crippen LogP contribution >= 0.6 is 0 Å². The largest absolute Gasteiger partial charge is 0.335 e. The molecule has 6 heteroatoms. The zero-order chi connectivity index (χ0) is 19.5. The number of hydrogen-bond acceptors (Lipinski definition) is 4. The van der Waals surface area contributed by atoms with Crippen LogP contribution in [0, 0.1) is 0 Å². The van der Waals surface area contributed by atoms with Crippen molar-refractivity contribution < 1.29 is 6.22 Å². The van der Waals surface area contributed by atoms with Crippen molar-refractivity contribution in [1.29, 1.82) is 0 Å². The summed E-state index contributed by atoms with van der Waals surface area (Å²) in [5.74, 6) is 0.114. The average molecular weight is 387 g/mol. The van der Waals surface area contributed by atoms with Crippen LogP contribution < -0.4 is 0 Å². The highest BCUT2D eigenvalue weighted by Crippen LogP contribution is 2.34. The number of amides is 1. The molecule has 6 nitrogen and oxygen atoms in total. The highest BCUT2D eigenvalue weighted by Gasteiger charge is 2.39. The maximum atomic E-state index is 13.2. The van der Waals surface area contributed by atoms with Gasteiger partial charge in [-0.2, -0.15) is 5.10 Å². The molecule has 0 aromatic carbocycles. The Hall–Kier alpha value is -2.99. The van der Waals surface area contributed by atoms with E-state index in [4.69, 9.17) is 0 Å². The van der Waals surface area contributed by atoms with Crippen LogP contribution in [0.1, 0.15) is 41.4 Å². The Kier molecular flexibility index (Phi) is 3.65. The number of carbonyl (C=O) groups excluding carboxylic acids is 1. The van der Waals surface area contributed by atoms with Gasteiger partial charge in [0.05, 0.1) is 16.8 Å². The number of aromatic nitrogens is 3. The van der Waals surface area contributed by atoms with E-state index < -0.39 is 0 Å². The standard InChI is InChI=1S/C23H23N5O.H2/c1-26-18-2-3-19(26)14-27(13-18)23(29)16-11-21-20(4-5-22(21)24-12-16)15-7-9-28-17(10-15)6-8-25-28;/h4,6-12,18-19H,2-3,5,13-14H2,1H3;1H. The summed E-state index contributed by atoms with van der Waals surface area (Å²) in [7, 11) is 2.19. The van der Waals surface area contributed by atoms with Crippen molar-refractivity contribution in [2.75, 3.05) is 20.1 Å². The smallest absolute Gasteiger partial charge is 0.255 e. The van der Waals surface area contributed by atoms with E-state index in [2.05, 4.69) is 40.2 Å². The third-order valence-corrected chi connectivity index (χ3v) is 6.85. The van der Waals surface area contributed by atoms with Crippen molar-refractivity contribution in [3.8, 4) is 0 Å². The molecule has 3 aromatic rings. The molecule has 0 radical (unpaired) electrons. The van der Waals surface area contributed by atoms with Gasteiger partial charge in [0.15, 0.2) is 0 Å². The number of hydrogen-bond donors (Lipinski definition) is 0. The minimum atomic E-state index is 0. The van der Waals surface area contributed by atoms with E-state index in [1.807, 2.05) is 27.7 Å². The third-order valence-electron chi connectivity index (χ3n) is 6.85. The van der Waals surface area contributed by atoms with Crippen LogP contribution in [0.3, 0.4) is 0 Å². The summed E-state index contributed by atoms with van der Waals surface area (Å²) >= 11 is 0. The molecule has 2 saturated heterocycles. The number of rotatable bonds is 2. The fourth-order valence-electron chi connectivity index (χ4n) is 5.14. The lowest BCUT2D eigenvalue weighted by atomic mass is 10.00. The first-order valence-electron chi connectivity index (χ1n) is 10.3. The normalized spacial score (nSPS) is 23.5. The zero-order valence-corrected chi connectivity index (χ0v) is 16.5.